The van der Waals surface area contributed by atoms with Gasteiger partial charge in [0.15, 0.2) is 5.88 Å². The van der Waals surface area contributed by atoms with E-state index < -0.39 is 11.9 Å². The summed E-state index contributed by atoms with van der Waals surface area (Å²) in [7, 11) is 3.33. The SMILES string of the molecule is COc1ccc(C(=O)c2c(C)cc3n2CCC3C(=O)O)n1C. The molecular weight excluding hydrogens is 284 g/mol. The normalized spacial score (nSPS) is 16.6. The maximum atomic E-state index is 12.9. The van der Waals surface area contributed by atoms with E-state index in [2.05, 4.69) is 0 Å². The van der Waals surface area contributed by atoms with Gasteiger partial charge in [0.1, 0.15) is 0 Å². The van der Waals surface area contributed by atoms with Gasteiger partial charge < -0.3 is 19.0 Å². The molecule has 2 aromatic rings. The lowest BCUT2D eigenvalue weighted by Crippen LogP contribution is -2.14. The summed E-state index contributed by atoms with van der Waals surface area (Å²) in [6.45, 7) is 2.40. The monoisotopic (exact) mass is 302 g/mol. The molecule has 0 amide bonds. The van der Waals surface area contributed by atoms with Gasteiger partial charge in [-0.3, -0.25) is 9.59 Å². The van der Waals surface area contributed by atoms with Gasteiger partial charge >= 0.3 is 5.97 Å². The maximum Gasteiger partial charge on any atom is 0.312 e. The number of carbonyl (C=O) groups is 2. The van der Waals surface area contributed by atoms with E-state index in [0.717, 1.165) is 11.3 Å². The Morgan fingerprint density at radius 1 is 1.36 bits per heavy atom. The zero-order valence-corrected chi connectivity index (χ0v) is 12.8. The largest absolute Gasteiger partial charge is 0.482 e. The third kappa shape index (κ3) is 1.94. The number of fused-ring (bicyclic) bond motifs is 1. The standard InChI is InChI=1S/C16H18N2O4/c1-9-8-12-10(16(20)21)6-7-18(12)14(9)15(19)11-4-5-13(22-3)17(11)2/h4-5,8,10H,6-7H2,1-3H3,(H,20,21). The molecule has 1 atom stereocenters. The summed E-state index contributed by atoms with van der Waals surface area (Å²) in [5, 5.41) is 9.28. The number of rotatable bonds is 4. The van der Waals surface area contributed by atoms with E-state index in [0.29, 0.717) is 30.2 Å². The molecule has 0 bridgehead atoms. The number of carboxylic acid groups (broad SMARTS) is 1. The van der Waals surface area contributed by atoms with E-state index in [4.69, 9.17) is 4.74 Å². The Balaban J connectivity index is 2.06. The summed E-state index contributed by atoms with van der Waals surface area (Å²) >= 11 is 0. The average molecular weight is 302 g/mol. The van der Waals surface area contributed by atoms with Gasteiger partial charge in [-0.2, -0.15) is 0 Å². The van der Waals surface area contributed by atoms with E-state index in [1.807, 2.05) is 17.6 Å². The molecule has 1 unspecified atom stereocenters. The first-order valence-corrected chi connectivity index (χ1v) is 7.13. The number of nitrogens with zero attached hydrogens (tertiary/aromatic N) is 2. The summed E-state index contributed by atoms with van der Waals surface area (Å²) < 4.78 is 8.73. The van der Waals surface area contributed by atoms with Gasteiger partial charge in [0.05, 0.1) is 24.4 Å². The van der Waals surface area contributed by atoms with Crippen molar-refractivity contribution in [3.8, 4) is 5.88 Å². The number of carbonyl (C=O) groups excluding carboxylic acids is 1. The second kappa shape index (κ2) is 5.05. The number of ketones is 1. The van der Waals surface area contributed by atoms with Gasteiger partial charge in [-0.1, -0.05) is 0 Å². The van der Waals surface area contributed by atoms with Gasteiger partial charge in [0.2, 0.25) is 5.78 Å². The lowest BCUT2D eigenvalue weighted by molar-refractivity contribution is -0.138. The smallest absolute Gasteiger partial charge is 0.312 e. The van der Waals surface area contributed by atoms with Crippen LogP contribution in [0.3, 0.4) is 0 Å². The van der Waals surface area contributed by atoms with Crippen LogP contribution in [0, 0.1) is 6.92 Å². The van der Waals surface area contributed by atoms with Crippen LogP contribution >= 0.6 is 0 Å². The van der Waals surface area contributed by atoms with Crippen LogP contribution in [-0.2, 0) is 18.4 Å². The number of ether oxygens (including phenoxy) is 1. The molecule has 0 fully saturated rings. The van der Waals surface area contributed by atoms with E-state index in [1.54, 1.807) is 30.9 Å². The Bertz CT molecular complexity index is 769. The predicted octanol–water partition coefficient (Wildman–Crippen LogP) is 1.95. The van der Waals surface area contributed by atoms with E-state index in [-0.39, 0.29) is 5.78 Å². The molecule has 2 aromatic heterocycles. The minimum absolute atomic E-state index is 0.111. The molecule has 6 heteroatoms. The first-order valence-electron chi connectivity index (χ1n) is 7.13. The highest BCUT2D eigenvalue weighted by Crippen LogP contribution is 2.34. The molecule has 1 aliphatic rings. The van der Waals surface area contributed by atoms with Gasteiger partial charge in [0.25, 0.3) is 0 Å². The van der Waals surface area contributed by atoms with E-state index in [9.17, 15) is 14.7 Å². The van der Waals surface area contributed by atoms with Gasteiger partial charge in [-0.25, -0.2) is 0 Å². The number of aliphatic carboxylic acids is 1. The van der Waals surface area contributed by atoms with E-state index >= 15 is 0 Å². The molecule has 0 saturated carbocycles. The highest BCUT2D eigenvalue weighted by Gasteiger charge is 2.33. The number of hydrogen-bond donors (Lipinski definition) is 1. The van der Waals surface area contributed by atoms with Crippen LogP contribution in [0.4, 0.5) is 0 Å². The second-order valence-corrected chi connectivity index (χ2v) is 5.58. The summed E-state index contributed by atoms with van der Waals surface area (Å²) in [4.78, 5) is 24.2. The van der Waals surface area contributed by atoms with Crippen molar-refractivity contribution in [3.63, 3.8) is 0 Å². The molecule has 0 saturated heterocycles. The van der Waals surface area contributed by atoms with Crippen molar-refractivity contribution in [2.45, 2.75) is 25.8 Å². The van der Waals surface area contributed by atoms with Crippen molar-refractivity contribution in [3.05, 3.63) is 40.8 Å². The summed E-state index contributed by atoms with van der Waals surface area (Å²) in [5.41, 5.74) is 2.63. The zero-order valence-electron chi connectivity index (χ0n) is 12.8. The lowest BCUT2D eigenvalue weighted by Gasteiger charge is -2.09. The lowest BCUT2D eigenvalue weighted by atomic mass is 10.0. The quantitative estimate of drug-likeness (QED) is 0.876. The molecule has 0 aliphatic carbocycles. The predicted molar refractivity (Wildman–Crippen MR) is 79.6 cm³/mol. The maximum absolute atomic E-state index is 12.9. The van der Waals surface area contributed by atoms with Crippen LogP contribution in [0.15, 0.2) is 18.2 Å². The Morgan fingerprint density at radius 3 is 2.68 bits per heavy atom. The molecule has 0 spiro atoms. The number of carboxylic acids is 1. The van der Waals surface area contributed by atoms with Gasteiger partial charge in [0, 0.05) is 25.4 Å². The van der Waals surface area contributed by atoms with Crippen molar-refractivity contribution < 1.29 is 19.4 Å². The van der Waals surface area contributed by atoms with Crippen molar-refractivity contribution in [1.82, 2.24) is 9.13 Å². The fourth-order valence-corrected chi connectivity index (χ4v) is 3.24. The molecule has 0 aromatic carbocycles. The number of methoxy groups -OCH3 is 1. The van der Waals surface area contributed by atoms with Gasteiger partial charge in [-0.15, -0.1) is 0 Å². The number of aryl methyl sites for hydroxylation is 1. The Hall–Kier alpha value is -2.50. The van der Waals surface area contributed by atoms with E-state index in [1.165, 1.54) is 0 Å². The molecule has 0 radical (unpaired) electrons. The Kier molecular flexibility index (Phi) is 3.31. The molecule has 1 N–H and O–H groups in total. The fourth-order valence-electron chi connectivity index (χ4n) is 3.24. The molecule has 3 rings (SSSR count). The van der Waals surface area contributed by atoms with Crippen LogP contribution in [0.1, 0.15) is 39.8 Å². The third-order valence-corrected chi connectivity index (χ3v) is 4.35. The minimum atomic E-state index is -0.837. The van der Waals surface area contributed by atoms with Gasteiger partial charge in [-0.05, 0) is 31.0 Å². The Morgan fingerprint density at radius 2 is 2.09 bits per heavy atom. The van der Waals surface area contributed by atoms with Crippen LogP contribution < -0.4 is 4.74 Å². The van der Waals surface area contributed by atoms with Crippen LogP contribution in [-0.4, -0.2) is 33.1 Å². The number of aromatic nitrogens is 2. The van der Waals surface area contributed by atoms with Crippen molar-refractivity contribution in [1.29, 1.82) is 0 Å². The zero-order chi connectivity index (χ0) is 16.0. The topological polar surface area (TPSA) is 73.5 Å². The van der Waals surface area contributed by atoms with Crippen LogP contribution in [0.2, 0.25) is 0 Å². The molecule has 6 nitrogen and oxygen atoms in total. The van der Waals surface area contributed by atoms with Crippen molar-refractivity contribution >= 4 is 11.8 Å². The average Bonchev–Trinajstić information content (AvgIpc) is 3.10. The second-order valence-electron chi connectivity index (χ2n) is 5.58. The highest BCUT2D eigenvalue weighted by molar-refractivity contribution is 6.08. The molecule has 116 valence electrons. The van der Waals surface area contributed by atoms with Crippen molar-refractivity contribution in [2.75, 3.05) is 7.11 Å². The summed E-state index contributed by atoms with van der Waals surface area (Å²) in [6.07, 6.45) is 0.529. The minimum Gasteiger partial charge on any atom is -0.482 e. The third-order valence-electron chi connectivity index (χ3n) is 4.35. The molecule has 1 aliphatic heterocycles. The molecule has 22 heavy (non-hydrogen) atoms. The van der Waals surface area contributed by atoms with Crippen LogP contribution in [0.5, 0.6) is 5.88 Å². The summed E-state index contributed by atoms with van der Waals surface area (Å²) in [6, 6.07) is 5.29. The van der Waals surface area contributed by atoms with Crippen LogP contribution in [0.25, 0.3) is 0 Å². The first-order chi connectivity index (χ1) is 10.5. The fraction of sp³-hybridized carbons (Fsp3) is 0.375. The van der Waals surface area contributed by atoms with Crippen molar-refractivity contribution in [2.24, 2.45) is 7.05 Å². The molecular formula is C16H18N2O4. The Labute approximate surface area is 127 Å². The number of hydrogen-bond acceptors (Lipinski definition) is 3. The first kappa shape index (κ1) is 14.4. The molecule has 3 heterocycles. The summed E-state index contributed by atoms with van der Waals surface area (Å²) in [5.74, 6) is -0.864. The highest BCUT2D eigenvalue weighted by atomic mass is 16.5.